The Kier molecular flexibility index (Phi) is 4.06. The molecule has 0 atom stereocenters. The molecule has 0 aliphatic carbocycles. The van der Waals surface area contributed by atoms with E-state index in [1.54, 1.807) is 24.3 Å². The zero-order valence-electron chi connectivity index (χ0n) is 10.8. The predicted octanol–water partition coefficient (Wildman–Crippen LogP) is 3.46. The van der Waals surface area contributed by atoms with Gasteiger partial charge < -0.3 is 11.1 Å². The van der Waals surface area contributed by atoms with Crippen molar-refractivity contribution in [2.45, 2.75) is 6.92 Å². The molecule has 0 unspecified atom stereocenters. The lowest BCUT2D eigenvalue weighted by Gasteiger charge is -2.09. The van der Waals surface area contributed by atoms with Crippen LogP contribution in [-0.2, 0) is 0 Å². The van der Waals surface area contributed by atoms with Crippen LogP contribution >= 0.6 is 15.9 Å². The summed E-state index contributed by atoms with van der Waals surface area (Å²) in [6, 6.07) is 12.2. The van der Waals surface area contributed by atoms with Gasteiger partial charge in [-0.25, -0.2) is 0 Å². The van der Waals surface area contributed by atoms with Crippen LogP contribution in [0, 0.1) is 18.3 Å². The van der Waals surface area contributed by atoms with Crippen LogP contribution in [0.4, 0.5) is 11.4 Å². The fourth-order valence-electron chi connectivity index (χ4n) is 1.81. The van der Waals surface area contributed by atoms with E-state index in [-0.39, 0.29) is 5.91 Å². The molecule has 0 aliphatic heterocycles. The summed E-state index contributed by atoms with van der Waals surface area (Å²) < 4.78 is 0.843. The highest BCUT2D eigenvalue weighted by molar-refractivity contribution is 9.10. The van der Waals surface area contributed by atoms with Crippen molar-refractivity contribution in [1.82, 2.24) is 0 Å². The smallest absolute Gasteiger partial charge is 0.255 e. The van der Waals surface area contributed by atoms with Gasteiger partial charge in [-0.1, -0.05) is 15.9 Å². The van der Waals surface area contributed by atoms with Crippen molar-refractivity contribution in [3.8, 4) is 6.07 Å². The van der Waals surface area contributed by atoms with Crippen molar-refractivity contribution in [2.24, 2.45) is 0 Å². The van der Waals surface area contributed by atoms with Gasteiger partial charge in [-0.2, -0.15) is 5.26 Å². The van der Waals surface area contributed by atoms with Crippen molar-refractivity contribution >= 4 is 33.2 Å². The largest absolute Gasteiger partial charge is 0.397 e. The maximum atomic E-state index is 12.2. The zero-order valence-corrected chi connectivity index (χ0v) is 12.4. The minimum absolute atomic E-state index is 0.245. The van der Waals surface area contributed by atoms with Gasteiger partial charge in [0.15, 0.2) is 0 Å². The lowest BCUT2D eigenvalue weighted by atomic mass is 10.1. The monoisotopic (exact) mass is 329 g/mol. The van der Waals surface area contributed by atoms with E-state index in [9.17, 15) is 4.79 Å². The molecule has 5 heteroatoms. The third-order valence-corrected chi connectivity index (χ3v) is 3.19. The van der Waals surface area contributed by atoms with E-state index in [1.165, 1.54) is 6.07 Å². The molecule has 2 rings (SSSR count). The molecular weight excluding hydrogens is 318 g/mol. The van der Waals surface area contributed by atoms with Gasteiger partial charge in [0.25, 0.3) is 5.91 Å². The summed E-state index contributed by atoms with van der Waals surface area (Å²) in [6.07, 6.45) is 0. The molecule has 0 saturated heterocycles. The average Bonchev–Trinajstić information content (AvgIpc) is 2.39. The van der Waals surface area contributed by atoms with E-state index < -0.39 is 0 Å². The van der Waals surface area contributed by atoms with E-state index in [0.29, 0.717) is 22.5 Å². The molecule has 0 fully saturated rings. The van der Waals surface area contributed by atoms with Gasteiger partial charge in [-0.3, -0.25) is 4.79 Å². The Bertz CT molecular complexity index is 699. The summed E-state index contributed by atoms with van der Waals surface area (Å²) >= 11 is 3.36. The van der Waals surface area contributed by atoms with Gasteiger partial charge in [0.1, 0.15) is 0 Å². The highest BCUT2D eigenvalue weighted by Gasteiger charge is 2.09. The van der Waals surface area contributed by atoms with E-state index in [0.717, 1.165) is 10.0 Å². The maximum absolute atomic E-state index is 12.2. The summed E-state index contributed by atoms with van der Waals surface area (Å²) in [5, 5.41) is 11.5. The number of hydrogen-bond acceptors (Lipinski definition) is 3. The molecule has 0 spiro atoms. The summed E-state index contributed by atoms with van der Waals surface area (Å²) in [4.78, 5) is 12.2. The standard InChI is InChI=1S/C15H12BrN3O/c1-9-4-11(7-12(16)5-9)15(20)19-14-3-2-10(8-17)6-13(14)18/h2-7H,18H2,1H3,(H,19,20). The molecule has 2 aromatic carbocycles. The Morgan fingerprint density at radius 1 is 1.30 bits per heavy atom. The molecular formula is C15H12BrN3O. The SMILES string of the molecule is Cc1cc(Br)cc(C(=O)Nc2ccc(C#N)cc2N)c1. The predicted molar refractivity (Wildman–Crippen MR) is 82.4 cm³/mol. The highest BCUT2D eigenvalue weighted by Crippen LogP contribution is 2.21. The number of carbonyl (C=O) groups is 1. The number of nitrogens with one attached hydrogen (secondary N) is 1. The summed E-state index contributed by atoms with van der Waals surface area (Å²) in [7, 11) is 0. The van der Waals surface area contributed by atoms with E-state index in [4.69, 9.17) is 11.0 Å². The van der Waals surface area contributed by atoms with E-state index in [2.05, 4.69) is 21.2 Å². The second-order valence-corrected chi connectivity index (χ2v) is 5.30. The Hall–Kier alpha value is -2.32. The van der Waals surface area contributed by atoms with Crippen LogP contribution in [0.3, 0.4) is 0 Å². The minimum atomic E-state index is -0.245. The average molecular weight is 330 g/mol. The number of hydrogen-bond donors (Lipinski definition) is 2. The fourth-order valence-corrected chi connectivity index (χ4v) is 2.42. The first-order chi connectivity index (χ1) is 9.49. The number of halogens is 1. The van der Waals surface area contributed by atoms with Gasteiger partial charge in [-0.05, 0) is 48.9 Å². The Balaban J connectivity index is 2.26. The number of rotatable bonds is 2. The molecule has 0 bridgehead atoms. The number of nitriles is 1. The first kappa shape index (κ1) is 14.1. The Morgan fingerprint density at radius 3 is 2.65 bits per heavy atom. The number of nitrogens with two attached hydrogens (primary N) is 1. The Labute approximate surface area is 125 Å². The molecule has 3 N–H and O–H groups in total. The van der Waals surface area contributed by atoms with Crippen LogP contribution < -0.4 is 11.1 Å². The molecule has 20 heavy (non-hydrogen) atoms. The first-order valence-corrected chi connectivity index (χ1v) is 6.67. The quantitative estimate of drug-likeness (QED) is 0.828. The molecule has 0 aromatic heterocycles. The van der Waals surface area contributed by atoms with Crippen LogP contribution in [0.2, 0.25) is 0 Å². The molecule has 2 aromatic rings. The number of carbonyl (C=O) groups excluding carboxylic acids is 1. The number of anilines is 2. The normalized spacial score (nSPS) is 9.85. The van der Waals surface area contributed by atoms with Crippen LogP contribution in [0.1, 0.15) is 21.5 Å². The van der Waals surface area contributed by atoms with Crippen molar-refractivity contribution < 1.29 is 4.79 Å². The molecule has 4 nitrogen and oxygen atoms in total. The van der Waals surface area contributed by atoms with Crippen LogP contribution in [-0.4, -0.2) is 5.91 Å². The van der Waals surface area contributed by atoms with Crippen molar-refractivity contribution in [3.05, 3.63) is 57.6 Å². The summed E-state index contributed by atoms with van der Waals surface area (Å²) in [5.74, 6) is -0.245. The second-order valence-electron chi connectivity index (χ2n) is 4.39. The number of nitrogens with zero attached hydrogens (tertiary/aromatic N) is 1. The zero-order chi connectivity index (χ0) is 14.7. The number of nitrogen functional groups attached to an aromatic ring is 1. The molecule has 1 amide bonds. The van der Waals surface area contributed by atoms with Gasteiger partial charge in [-0.15, -0.1) is 0 Å². The fraction of sp³-hybridized carbons (Fsp3) is 0.0667. The second kappa shape index (κ2) is 5.76. The summed E-state index contributed by atoms with van der Waals surface area (Å²) in [5.41, 5.74) is 8.65. The third kappa shape index (κ3) is 3.16. The van der Waals surface area contributed by atoms with Crippen molar-refractivity contribution in [3.63, 3.8) is 0 Å². The lowest BCUT2D eigenvalue weighted by Crippen LogP contribution is -2.13. The Morgan fingerprint density at radius 2 is 2.05 bits per heavy atom. The topological polar surface area (TPSA) is 78.9 Å². The van der Waals surface area contributed by atoms with Crippen LogP contribution in [0.25, 0.3) is 0 Å². The minimum Gasteiger partial charge on any atom is -0.397 e. The lowest BCUT2D eigenvalue weighted by molar-refractivity contribution is 0.102. The van der Waals surface area contributed by atoms with Crippen molar-refractivity contribution in [1.29, 1.82) is 5.26 Å². The van der Waals surface area contributed by atoms with Gasteiger partial charge in [0.2, 0.25) is 0 Å². The maximum Gasteiger partial charge on any atom is 0.255 e. The van der Waals surface area contributed by atoms with Crippen LogP contribution in [0.5, 0.6) is 0 Å². The third-order valence-electron chi connectivity index (χ3n) is 2.73. The number of benzene rings is 2. The molecule has 0 radical (unpaired) electrons. The van der Waals surface area contributed by atoms with E-state index >= 15 is 0 Å². The summed E-state index contributed by atoms with van der Waals surface area (Å²) in [6.45, 7) is 1.91. The van der Waals surface area contributed by atoms with E-state index in [1.807, 2.05) is 19.1 Å². The molecule has 0 heterocycles. The van der Waals surface area contributed by atoms with Gasteiger partial charge in [0, 0.05) is 10.0 Å². The molecule has 100 valence electrons. The van der Waals surface area contributed by atoms with Crippen LogP contribution in [0.15, 0.2) is 40.9 Å². The van der Waals surface area contributed by atoms with Gasteiger partial charge in [0.05, 0.1) is 23.0 Å². The number of aryl methyl sites for hydroxylation is 1. The highest BCUT2D eigenvalue weighted by atomic mass is 79.9. The molecule has 0 aliphatic rings. The van der Waals surface area contributed by atoms with Crippen molar-refractivity contribution in [2.75, 3.05) is 11.1 Å². The number of amides is 1. The first-order valence-electron chi connectivity index (χ1n) is 5.88. The molecule has 0 saturated carbocycles. The van der Waals surface area contributed by atoms with Gasteiger partial charge >= 0.3 is 0 Å².